The first kappa shape index (κ1) is 31.7. The molecule has 230 valence electrons. The Bertz CT molecular complexity index is 1620. The Balaban J connectivity index is 1.51. The molecule has 0 bridgehead atoms. The van der Waals surface area contributed by atoms with Crippen LogP contribution >= 0.6 is 0 Å². The molecule has 0 fully saturated rings. The minimum atomic E-state index is 0.755. The molecule has 3 heteroatoms. The van der Waals surface area contributed by atoms with Crippen LogP contribution in [-0.2, 0) is 12.8 Å². The summed E-state index contributed by atoms with van der Waals surface area (Å²) in [5.41, 5.74) is 17.5. The van der Waals surface area contributed by atoms with Gasteiger partial charge < -0.3 is 15.5 Å². The number of hydrogen-bond donors (Lipinski definition) is 1. The summed E-state index contributed by atoms with van der Waals surface area (Å²) in [6, 6.07) is 43.9. The van der Waals surface area contributed by atoms with Crippen molar-refractivity contribution in [1.29, 1.82) is 0 Å². The van der Waals surface area contributed by atoms with E-state index < -0.39 is 0 Å². The van der Waals surface area contributed by atoms with Crippen LogP contribution in [-0.4, -0.2) is 0 Å². The van der Waals surface area contributed by atoms with Crippen LogP contribution in [0, 0.1) is 0 Å². The van der Waals surface area contributed by atoms with Crippen molar-refractivity contribution in [2.24, 2.45) is 0 Å². The second kappa shape index (κ2) is 15.8. The molecule has 0 amide bonds. The zero-order valence-electron chi connectivity index (χ0n) is 27.1. The van der Waals surface area contributed by atoms with Crippen molar-refractivity contribution in [2.45, 2.75) is 65.7 Å². The average molecular weight is 594 g/mol. The fourth-order valence-electron chi connectivity index (χ4n) is 5.78. The Morgan fingerprint density at radius 1 is 0.467 bits per heavy atom. The predicted molar refractivity (Wildman–Crippen MR) is 197 cm³/mol. The summed E-state index contributed by atoms with van der Waals surface area (Å²) < 4.78 is 0. The van der Waals surface area contributed by atoms with Crippen LogP contribution in [0.5, 0.6) is 0 Å². The van der Waals surface area contributed by atoms with Gasteiger partial charge in [0.2, 0.25) is 0 Å². The number of hydrogen-bond acceptors (Lipinski definition) is 3. The summed E-state index contributed by atoms with van der Waals surface area (Å²) in [7, 11) is 0. The van der Waals surface area contributed by atoms with Gasteiger partial charge in [0.1, 0.15) is 0 Å². The molecule has 0 radical (unpaired) electrons. The van der Waals surface area contributed by atoms with Gasteiger partial charge in [-0.1, -0.05) is 81.7 Å². The Kier molecular flexibility index (Phi) is 11.1. The molecule has 0 aromatic heterocycles. The summed E-state index contributed by atoms with van der Waals surface area (Å²) in [6.45, 7) is 6.55. The number of nitrogens with two attached hydrogens (primary N) is 1. The van der Waals surface area contributed by atoms with Crippen LogP contribution in [0.25, 0.3) is 6.08 Å². The lowest BCUT2D eigenvalue weighted by Gasteiger charge is -2.28. The van der Waals surface area contributed by atoms with Gasteiger partial charge in [-0.05, 0) is 134 Å². The maximum absolute atomic E-state index is 6.06. The number of rotatable bonds is 14. The highest BCUT2D eigenvalue weighted by molar-refractivity contribution is 5.81. The molecule has 0 aliphatic heterocycles. The first-order valence-electron chi connectivity index (χ1n) is 16.6. The Morgan fingerprint density at radius 2 is 0.822 bits per heavy atom. The molecule has 2 N–H and O–H groups in total. The summed E-state index contributed by atoms with van der Waals surface area (Å²) in [5, 5.41) is 0. The maximum atomic E-state index is 6.06. The van der Waals surface area contributed by atoms with Crippen molar-refractivity contribution in [2.75, 3.05) is 15.5 Å². The van der Waals surface area contributed by atoms with E-state index in [1.807, 2.05) is 19.1 Å². The van der Waals surface area contributed by atoms with Gasteiger partial charge in [0.05, 0.1) is 0 Å². The molecule has 5 aromatic carbocycles. The topological polar surface area (TPSA) is 32.5 Å². The van der Waals surface area contributed by atoms with Crippen LogP contribution in [0.3, 0.4) is 0 Å². The van der Waals surface area contributed by atoms with Crippen molar-refractivity contribution in [3.63, 3.8) is 0 Å². The monoisotopic (exact) mass is 593 g/mol. The van der Waals surface area contributed by atoms with E-state index in [9.17, 15) is 0 Å². The third-order valence-electron chi connectivity index (χ3n) is 8.30. The van der Waals surface area contributed by atoms with Crippen LogP contribution in [0.2, 0.25) is 0 Å². The van der Waals surface area contributed by atoms with Gasteiger partial charge in [0.25, 0.3) is 0 Å². The van der Waals surface area contributed by atoms with E-state index in [1.165, 1.54) is 54.5 Å². The summed E-state index contributed by atoms with van der Waals surface area (Å²) >= 11 is 0. The van der Waals surface area contributed by atoms with Crippen molar-refractivity contribution in [3.8, 4) is 0 Å². The largest absolute Gasteiger partial charge is 0.399 e. The van der Waals surface area contributed by atoms with Gasteiger partial charge in [-0.2, -0.15) is 0 Å². The molecular weight excluding hydrogens is 546 g/mol. The molecule has 0 aliphatic rings. The number of nitrogen functional groups attached to an aromatic ring is 1. The second-order valence-corrected chi connectivity index (χ2v) is 11.8. The van der Waals surface area contributed by atoms with Gasteiger partial charge in [-0.3, -0.25) is 0 Å². The van der Waals surface area contributed by atoms with Crippen LogP contribution in [0.4, 0.5) is 39.8 Å². The van der Waals surface area contributed by atoms with Crippen molar-refractivity contribution < 1.29 is 0 Å². The fourth-order valence-corrected chi connectivity index (χ4v) is 5.78. The minimum Gasteiger partial charge on any atom is -0.399 e. The highest BCUT2D eigenvalue weighted by Gasteiger charge is 2.16. The van der Waals surface area contributed by atoms with Crippen molar-refractivity contribution in [3.05, 3.63) is 144 Å². The van der Waals surface area contributed by atoms with Crippen molar-refractivity contribution >= 4 is 45.9 Å². The number of unbranched alkanes of at least 4 members (excludes halogenated alkanes) is 3. The number of benzene rings is 5. The smallest absolute Gasteiger partial charge is 0.0463 e. The fraction of sp³-hybridized carbons (Fsp3) is 0.238. The first-order chi connectivity index (χ1) is 22.1. The van der Waals surface area contributed by atoms with E-state index in [2.05, 4.69) is 145 Å². The molecule has 0 saturated carbocycles. The number of anilines is 7. The molecule has 0 heterocycles. The highest BCUT2D eigenvalue weighted by atomic mass is 15.2. The van der Waals surface area contributed by atoms with Gasteiger partial charge in [0.15, 0.2) is 0 Å². The Labute approximate surface area is 270 Å². The summed E-state index contributed by atoms with van der Waals surface area (Å²) in [4.78, 5) is 4.64. The van der Waals surface area contributed by atoms with Crippen LogP contribution in [0.15, 0.2) is 127 Å². The molecule has 0 atom stereocenters. The maximum Gasteiger partial charge on any atom is 0.0463 e. The SMILES string of the molecule is C/C=C/c1ccc(N(c2ccc(N)cc2)c2ccc(N(c3ccc(CCCC)cc3)c3ccc(CCCCC)cc3)cc2)cc1. The normalized spacial score (nSPS) is 11.2. The highest BCUT2D eigenvalue weighted by Crippen LogP contribution is 2.39. The molecule has 0 saturated heterocycles. The average Bonchev–Trinajstić information content (AvgIpc) is 3.08. The first-order valence-corrected chi connectivity index (χ1v) is 16.6. The van der Waals surface area contributed by atoms with E-state index in [0.717, 1.165) is 47.0 Å². The molecule has 3 nitrogen and oxygen atoms in total. The van der Waals surface area contributed by atoms with Gasteiger partial charge in [0, 0.05) is 39.8 Å². The van der Waals surface area contributed by atoms with E-state index in [4.69, 9.17) is 5.73 Å². The van der Waals surface area contributed by atoms with E-state index in [-0.39, 0.29) is 0 Å². The number of allylic oxidation sites excluding steroid dienone is 1. The second-order valence-electron chi connectivity index (χ2n) is 11.8. The lowest BCUT2D eigenvalue weighted by atomic mass is 10.1. The molecule has 0 aliphatic carbocycles. The van der Waals surface area contributed by atoms with E-state index >= 15 is 0 Å². The Morgan fingerprint density at radius 3 is 1.22 bits per heavy atom. The number of nitrogens with zero attached hydrogens (tertiary/aromatic N) is 2. The molecule has 5 aromatic rings. The molecule has 0 spiro atoms. The molecular formula is C42H47N3. The van der Waals surface area contributed by atoms with Crippen LogP contribution in [0.1, 0.15) is 69.6 Å². The zero-order valence-corrected chi connectivity index (χ0v) is 27.1. The lowest BCUT2D eigenvalue weighted by molar-refractivity contribution is 0.717. The van der Waals surface area contributed by atoms with Gasteiger partial charge in [-0.25, -0.2) is 0 Å². The lowest BCUT2D eigenvalue weighted by Crippen LogP contribution is -2.12. The summed E-state index contributed by atoms with van der Waals surface area (Å²) in [5.74, 6) is 0. The minimum absolute atomic E-state index is 0.755. The van der Waals surface area contributed by atoms with E-state index in [0.29, 0.717) is 0 Å². The standard InChI is InChI=1S/C42H47N3/c1-4-7-9-12-35-17-25-39(26-18-35)44(38-23-15-34(16-24-38)11-8-5-2)41-29-31-42(32-30-41)45(40-27-19-36(43)20-28-40)37-21-13-33(10-6-3)14-22-37/h6,10,13-32H,4-5,7-9,11-12,43H2,1-3H3/b10-6+. The predicted octanol–water partition coefficient (Wildman–Crippen LogP) is 12.3. The van der Waals surface area contributed by atoms with Gasteiger partial charge in [-0.15, -0.1) is 0 Å². The van der Waals surface area contributed by atoms with Crippen LogP contribution < -0.4 is 15.5 Å². The molecule has 0 unspecified atom stereocenters. The third kappa shape index (κ3) is 8.25. The Hall–Kier alpha value is -4.76. The summed E-state index contributed by atoms with van der Waals surface area (Å²) in [6.07, 6.45) is 12.6. The number of aryl methyl sites for hydroxylation is 2. The van der Waals surface area contributed by atoms with Crippen molar-refractivity contribution in [1.82, 2.24) is 0 Å². The molecule has 45 heavy (non-hydrogen) atoms. The zero-order chi connectivity index (χ0) is 31.4. The quantitative estimate of drug-likeness (QED) is 0.103. The third-order valence-corrected chi connectivity index (χ3v) is 8.30. The van der Waals surface area contributed by atoms with E-state index in [1.54, 1.807) is 0 Å². The molecule has 5 rings (SSSR count). The van der Waals surface area contributed by atoms with Gasteiger partial charge >= 0.3 is 0 Å².